The quantitative estimate of drug-likeness (QED) is 0.175. The van der Waals surface area contributed by atoms with Gasteiger partial charge in [0.1, 0.15) is 17.9 Å². The maximum atomic E-state index is 13.9. The summed E-state index contributed by atoms with van der Waals surface area (Å²) in [6, 6.07) is 8.12. The van der Waals surface area contributed by atoms with E-state index < -0.39 is 30.2 Å². The molecule has 48 heavy (non-hydrogen) atoms. The van der Waals surface area contributed by atoms with Crippen LogP contribution in [0.25, 0.3) is 0 Å². The molecule has 1 saturated heterocycles. The highest BCUT2D eigenvalue weighted by molar-refractivity contribution is 5.91. The van der Waals surface area contributed by atoms with Gasteiger partial charge in [0.25, 0.3) is 0 Å². The Morgan fingerprint density at radius 3 is 2.27 bits per heavy atom. The SMILES string of the molecule is CCCC(NC(=O)[C@@H](CC(=O)N(C)CCN1CCC(=O)CC1)Cc1ccccc1)C(=O)N[C@@H](CC1CCCCC1)C(O)[C@@H](O)CC(C)C. The molecule has 1 aromatic rings. The topological polar surface area (TPSA) is 139 Å². The van der Waals surface area contributed by atoms with Gasteiger partial charge in [-0.15, -0.1) is 0 Å². The standard InChI is InChI=1S/C38H62N4O6/c1-5-12-32(38(48)40-33(25-29-15-10-7-11-16-29)36(46)34(44)23-27(2)3)39-37(47)30(24-28-13-8-6-9-14-28)26-35(45)41(4)21-22-42-19-17-31(43)18-20-42/h6,8-9,13-14,27,29-30,32-34,36,44,46H,5,7,10-12,15-26H2,1-4H3,(H,39,47)(H,40,48)/t30-,32?,33+,34+,36?/m1/s1. The fraction of sp³-hybridized carbons (Fsp3) is 0.737. The molecule has 4 N–H and O–H groups in total. The monoisotopic (exact) mass is 670 g/mol. The van der Waals surface area contributed by atoms with Crippen LogP contribution in [-0.4, -0.2) is 101 Å². The number of amides is 3. The minimum atomic E-state index is -1.11. The van der Waals surface area contributed by atoms with Crippen molar-refractivity contribution in [3.8, 4) is 0 Å². The van der Waals surface area contributed by atoms with Gasteiger partial charge in [-0.3, -0.25) is 19.2 Å². The van der Waals surface area contributed by atoms with E-state index >= 15 is 0 Å². The van der Waals surface area contributed by atoms with Gasteiger partial charge < -0.3 is 30.6 Å². The molecule has 1 aliphatic heterocycles. The van der Waals surface area contributed by atoms with Crippen LogP contribution in [0.4, 0.5) is 0 Å². The van der Waals surface area contributed by atoms with Crippen molar-refractivity contribution in [2.75, 3.05) is 33.2 Å². The summed E-state index contributed by atoms with van der Waals surface area (Å²) < 4.78 is 0. The molecule has 0 aromatic heterocycles. The van der Waals surface area contributed by atoms with Gasteiger partial charge >= 0.3 is 0 Å². The number of hydrogen-bond donors (Lipinski definition) is 4. The molecule has 10 nitrogen and oxygen atoms in total. The van der Waals surface area contributed by atoms with Gasteiger partial charge in [-0.1, -0.05) is 89.6 Å². The van der Waals surface area contributed by atoms with E-state index in [-0.39, 0.29) is 35.8 Å². The van der Waals surface area contributed by atoms with Crippen molar-refractivity contribution in [2.24, 2.45) is 17.8 Å². The van der Waals surface area contributed by atoms with Gasteiger partial charge in [0.05, 0.1) is 18.1 Å². The molecule has 0 bridgehead atoms. The Kier molecular flexibility index (Phi) is 17.0. The molecule has 0 radical (unpaired) electrons. The number of likely N-dealkylation sites (tertiary alicyclic amines) is 1. The normalized spacial score (nSPS) is 19.3. The first-order valence-corrected chi connectivity index (χ1v) is 18.5. The molecule has 10 heteroatoms. The van der Waals surface area contributed by atoms with Crippen LogP contribution in [0, 0.1) is 17.8 Å². The van der Waals surface area contributed by atoms with Crippen LogP contribution in [0.1, 0.15) is 103 Å². The number of nitrogens with one attached hydrogen (secondary N) is 2. The summed E-state index contributed by atoms with van der Waals surface area (Å²) in [6.45, 7) is 8.51. The van der Waals surface area contributed by atoms with Crippen molar-refractivity contribution in [3.63, 3.8) is 0 Å². The molecule has 5 atom stereocenters. The summed E-state index contributed by atoms with van der Waals surface area (Å²) in [5, 5.41) is 28.1. The maximum absolute atomic E-state index is 13.9. The number of aliphatic hydroxyl groups is 2. The summed E-state index contributed by atoms with van der Waals surface area (Å²) >= 11 is 0. The zero-order valence-electron chi connectivity index (χ0n) is 29.9. The molecule has 2 fully saturated rings. The van der Waals surface area contributed by atoms with E-state index in [1.54, 1.807) is 11.9 Å². The average molecular weight is 671 g/mol. The number of likely N-dealkylation sites (N-methyl/N-ethyl adjacent to an activating group) is 1. The molecule has 1 heterocycles. The molecular weight excluding hydrogens is 608 g/mol. The lowest BCUT2D eigenvalue weighted by Crippen LogP contribution is -2.56. The minimum absolute atomic E-state index is 0.000587. The molecule has 1 aliphatic carbocycles. The van der Waals surface area contributed by atoms with Crippen LogP contribution in [-0.2, 0) is 25.6 Å². The van der Waals surface area contributed by atoms with Crippen molar-refractivity contribution in [1.29, 1.82) is 0 Å². The third kappa shape index (κ3) is 13.6. The lowest BCUT2D eigenvalue weighted by Gasteiger charge is -2.34. The molecule has 0 spiro atoms. The molecule has 2 unspecified atom stereocenters. The Balaban J connectivity index is 1.70. The Morgan fingerprint density at radius 2 is 1.65 bits per heavy atom. The van der Waals surface area contributed by atoms with E-state index in [9.17, 15) is 29.4 Å². The lowest BCUT2D eigenvalue weighted by atomic mass is 9.82. The Labute approximate surface area is 288 Å². The van der Waals surface area contributed by atoms with Crippen molar-refractivity contribution in [3.05, 3.63) is 35.9 Å². The van der Waals surface area contributed by atoms with Gasteiger partial charge in [0.15, 0.2) is 0 Å². The van der Waals surface area contributed by atoms with Gasteiger partial charge in [-0.2, -0.15) is 0 Å². The largest absolute Gasteiger partial charge is 0.390 e. The Hall–Kier alpha value is -2.82. The van der Waals surface area contributed by atoms with Gasteiger partial charge in [-0.05, 0) is 43.1 Å². The second-order valence-corrected chi connectivity index (χ2v) is 14.7. The maximum Gasteiger partial charge on any atom is 0.242 e. The highest BCUT2D eigenvalue weighted by atomic mass is 16.3. The third-order valence-corrected chi connectivity index (χ3v) is 10.1. The number of nitrogens with zero attached hydrogens (tertiary/aromatic N) is 2. The van der Waals surface area contributed by atoms with Crippen LogP contribution >= 0.6 is 0 Å². The molecule has 270 valence electrons. The first-order chi connectivity index (χ1) is 23.0. The third-order valence-electron chi connectivity index (χ3n) is 10.1. The van der Waals surface area contributed by atoms with Crippen LogP contribution in [0.2, 0.25) is 0 Å². The molecule has 1 aromatic carbocycles. The first-order valence-electron chi connectivity index (χ1n) is 18.5. The fourth-order valence-electron chi connectivity index (χ4n) is 7.05. The van der Waals surface area contributed by atoms with Gasteiger partial charge in [0.2, 0.25) is 17.7 Å². The second kappa shape index (κ2) is 20.6. The van der Waals surface area contributed by atoms with Crippen LogP contribution in [0.15, 0.2) is 30.3 Å². The predicted molar refractivity (Wildman–Crippen MR) is 188 cm³/mol. The Morgan fingerprint density at radius 1 is 0.979 bits per heavy atom. The van der Waals surface area contributed by atoms with Gasteiger partial charge in [0, 0.05) is 52.5 Å². The fourth-order valence-corrected chi connectivity index (χ4v) is 7.05. The number of aliphatic hydroxyl groups excluding tert-OH is 2. The summed E-state index contributed by atoms with van der Waals surface area (Å²) in [7, 11) is 1.74. The van der Waals surface area contributed by atoms with Crippen LogP contribution in [0.3, 0.4) is 0 Å². The average Bonchev–Trinajstić information content (AvgIpc) is 3.07. The molecule has 1 saturated carbocycles. The van der Waals surface area contributed by atoms with Crippen LogP contribution in [0.5, 0.6) is 0 Å². The Bertz CT molecular complexity index is 1130. The van der Waals surface area contributed by atoms with E-state index in [1.165, 1.54) is 6.42 Å². The molecule has 3 amide bonds. The highest BCUT2D eigenvalue weighted by Crippen LogP contribution is 2.29. The lowest BCUT2D eigenvalue weighted by molar-refractivity contribution is -0.137. The molecular formula is C38H62N4O6. The summed E-state index contributed by atoms with van der Waals surface area (Å²) in [6.07, 6.45) is 6.95. The first kappa shape index (κ1) is 39.6. The number of Topliss-reactive ketones (excluding diaryl/α,β-unsaturated/α-hetero) is 1. The number of carbonyl (C=O) groups excluding carboxylic acids is 4. The molecule has 2 aliphatic rings. The van der Waals surface area contributed by atoms with E-state index in [0.717, 1.165) is 31.2 Å². The van der Waals surface area contributed by atoms with E-state index in [2.05, 4.69) is 15.5 Å². The number of benzene rings is 1. The smallest absolute Gasteiger partial charge is 0.242 e. The zero-order chi connectivity index (χ0) is 35.1. The van der Waals surface area contributed by atoms with Gasteiger partial charge in [-0.25, -0.2) is 0 Å². The summed E-state index contributed by atoms with van der Waals surface area (Å²) in [5.74, 6) is -0.729. The minimum Gasteiger partial charge on any atom is -0.390 e. The van der Waals surface area contributed by atoms with Crippen molar-refractivity contribution >= 4 is 23.5 Å². The van der Waals surface area contributed by atoms with E-state index in [1.807, 2.05) is 51.1 Å². The van der Waals surface area contributed by atoms with E-state index in [0.29, 0.717) is 77.0 Å². The highest BCUT2D eigenvalue weighted by Gasteiger charge is 2.34. The number of ketones is 1. The number of rotatable bonds is 19. The second-order valence-electron chi connectivity index (χ2n) is 14.7. The number of hydrogen-bond acceptors (Lipinski definition) is 7. The van der Waals surface area contributed by atoms with Crippen LogP contribution < -0.4 is 10.6 Å². The van der Waals surface area contributed by atoms with Crippen molar-refractivity contribution in [2.45, 2.75) is 129 Å². The van der Waals surface area contributed by atoms with Crippen molar-refractivity contribution < 1.29 is 29.4 Å². The van der Waals surface area contributed by atoms with E-state index in [4.69, 9.17) is 0 Å². The number of piperidine rings is 1. The summed E-state index contributed by atoms with van der Waals surface area (Å²) in [5.41, 5.74) is 0.928. The number of carbonyl (C=O) groups is 4. The predicted octanol–water partition coefficient (Wildman–Crippen LogP) is 3.87. The zero-order valence-corrected chi connectivity index (χ0v) is 29.9. The van der Waals surface area contributed by atoms with Crippen molar-refractivity contribution in [1.82, 2.24) is 20.4 Å². The molecule has 3 rings (SSSR count). The summed E-state index contributed by atoms with van der Waals surface area (Å²) in [4.78, 5) is 56.6.